The molecule has 0 bridgehead atoms. The van der Waals surface area contributed by atoms with Crippen molar-refractivity contribution in [1.82, 2.24) is 19.9 Å². The van der Waals surface area contributed by atoms with Gasteiger partial charge in [-0.1, -0.05) is 36.4 Å². The highest BCUT2D eigenvalue weighted by Crippen LogP contribution is 2.40. The van der Waals surface area contributed by atoms with Gasteiger partial charge in [0, 0.05) is 53.6 Å². The molecule has 7 rings (SSSR count). The maximum atomic E-state index is 13.5. The second kappa shape index (κ2) is 11.3. The first-order valence-corrected chi connectivity index (χ1v) is 15.6. The van der Waals surface area contributed by atoms with Gasteiger partial charge in [-0.25, -0.2) is 9.97 Å². The van der Waals surface area contributed by atoms with Crippen LogP contribution in [0.5, 0.6) is 0 Å². The van der Waals surface area contributed by atoms with E-state index in [1.807, 2.05) is 86.5 Å². The second-order valence-corrected chi connectivity index (χ2v) is 12.7. The largest absolute Gasteiger partial charge is 0.390 e. The lowest BCUT2D eigenvalue weighted by atomic mass is 9.93. The molecule has 0 radical (unpaired) electrons. The predicted molar refractivity (Wildman–Crippen MR) is 176 cm³/mol. The van der Waals surface area contributed by atoms with E-state index in [2.05, 4.69) is 27.1 Å². The number of rotatable bonds is 6. The van der Waals surface area contributed by atoms with Crippen LogP contribution in [0.1, 0.15) is 70.4 Å². The van der Waals surface area contributed by atoms with Gasteiger partial charge in [0.1, 0.15) is 12.0 Å². The number of H-pyrrole nitrogens is 1. The average molecular weight is 600 g/mol. The molecule has 3 heterocycles. The van der Waals surface area contributed by atoms with Crippen LogP contribution < -0.4 is 4.90 Å². The molecule has 8 heteroatoms. The van der Waals surface area contributed by atoms with Crippen molar-refractivity contribution >= 4 is 28.5 Å². The lowest BCUT2D eigenvalue weighted by molar-refractivity contribution is -0.00203. The van der Waals surface area contributed by atoms with E-state index in [9.17, 15) is 14.7 Å². The summed E-state index contributed by atoms with van der Waals surface area (Å²) in [4.78, 5) is 42.6. The van der Waals surface area contributed by atoms with E-state index in [1.54, 1.807) is 11.2 Å². The SMILES string of the molecule is Cc1c(-c2ncnc3[nH]c(-c4ccc(C(=O)N5CCC(C)(O)CC5)cc4)cc23)cccc1N(C)C(=O)c1ccc(C2CC2)cc1. The van der Waals surface area contributed by atoms with Gasteiger partial charge in [-0.15, -0.1) is 0 Å². The molecule has 1 aliphatic heterocycles. The number of likely N-dealkylation sites (tertiary alicyclic amines) is 1. The van der Waals surface area contributed by atoms with Crippen molar-refractivity contribution in [3.8, 4) is 22.5 Å². The number of nitrogens with zero attached hydrogens (tertiary/aromatic N) is 4. The fraction of sp³-hybridized carbons (Fsp3) is 0.297. The van der Waals surface area contributed by atoms with Crippen LogP contribution in [0.3, 0.4) is 0 Å². The number of amides is 2. The van der Waals surface area contributed by atoms with Crippen LogP contribution in [0.2, 0.25) is 0 Å². The van der Waals surface area contributed by atoms with Crippen molar-refractivity contribution in [3.05, 3.63) is 101 Å². The topological polar surface area (TPSA) is 102 Å². The van der Waals surface area contributed by atoms with Crippen LogP contribution >= 0.6 is 0 Å². The molecule has 2 aromatic heterocycles. The van der Waals surface area contributed by atoms with Crippen molar-refractivity contribution < 1.29 is 14.7 Å². The molecule has 228 valence electrons. The van der Waals surface area contributed by atoms with Crippen LogP contribution in [0, 0.1) is 6.92 Å². The van der Waals surface area contributed by atoms with Gasteiger partial charge in [0.15, 0.2) is 0 Å². The molecule has 2 aliphatic rings. The number of fused-ring (bicyclic) bond motifs is 1. The van der Waals surface area contributed by atoms with Crippen molar-refractivity contribution in [3.63, 3.8) is 0 Å². The van der Waals surface area contributed by atoms with E-state index >= 15 is 0 Å². The quantitative estimate of drug-likeness (QED) is 0.225. The molecule has 45 heavy (non-hydrogen) atoms. The number of aromatic nitrogens is 3. The zero-order chi connectivity index (χ0) is 31.3. The first-order valence-electron chi connectivity index (χ1n) is 15.6. The fourth-order valence-corrected chi connectivity index (χ4v) is 6.34. The lowest BCUT2D eigenvalue weighted by Crippen LogP contribution is -2.45. The van der Waals surface area contributed by atoms with Crippen LogP contribution in [-0.2, 0) is 0 Å². The summed E-state index contributed by atoms with van der Waals surface area (Å²) in [5, 5.41) is 11.1. The van der Waals surface area contributed by atoms with Crippen molar-refractivity contribution in [2.45, 2.75) is 51.0 Å². The Balaban J connectivity index is 1.14. The predicted octanol–water partition coefficient (Wildman–Crippen LogP) is 6.74. The number of hydrogen-bond acceptors (Lipinski definition) is 5. The van der Waals surface area contributed by atoms with Gasteiger partial charge < -0.3 is 19.9 Å². The van der Waals surface area contributed by atoms with E-state index < -0.39 is 5.60 Å². The number of anilines is 1. The molecule has 1 saturated carbocycles. The molecule has 0 spiro atoms. The standard InChI is InChI=1S/C37H37N5O3/c1-23-29(5-4-6-32(23)41(3)35(43)27-13-9-25(10-14-27)24-7-8-24)33-30-21-31(40-34(30)39-22-38-33)26-11-15-28(16-12-26)36(44)42-19-17-37(2,45)18-20-42/h4-6,9-16,21-22,24,45H,7-8,17-20H2,1-3H3,(H,38,39,40). The van der Waals surface area contributed by atoms with Gasteiger partial charge in [-0.2, -0.15) is 0 Å². The number of carbonyl (C=O) groups excluding carboxylic acids is 2. The molecule has 1 aliphatic carbocycles. The van der Waals surface area contributed by atoms with Crippen LogP contribution in [-0.4, -0.2) is 62.5 Å². The summed E-state index contributed by atoms with van der Waals surface area (Å²) in [6.07, 6.45) is 5.18. The van der Waals surface area contributed by atoms with Gasteiger partial charge in [0.25, 0.3) is 11.8 Å². The molecule has 2 amide bonds. The van der Waals surface area contributed by atoms with Gasteiger partial charge in [0.05, 0.1) is 11.3 Å². The minimum Gasteiger partial charge on any atom is -0.390 e. The molecule has 2 fully saturated rings. The minimum absolute atomic E-state index is 0.0177. The first kappa shape index (κ1) is 28.9. The van der Waals surface area contributed by atoms with Crippen LogP contribution in [0.15, 0.2) is 79.1 Å². The molecule has 2 N–H and O–H groups in total. The third-order valence-corrected chi connectivity index (χ3v) is 9.43. The Morgan fingerprint density at radius 1 is 0.956 bits per heavy atom. The molecule has 5 aromatic rings. The van der Waals surface area contributed by atoms with Gasteiger partial charge in [0.2, 0.25) is 0 Å². The van der Waals surface area contributed by atoms with Crippen LogP contribution in [0.4, 0.5) is 5.69 Å². The van der Waals surface area contributed by atoms with Crippen LogP contribution in [0.25, 0.3) is 33.5 Å². The Labute approximate surface area is 262 Å². The number of piperidine rings is 1. The Morgan fingerprint density at radius 3 is 2.33 bits per heavy atom. The molecular weight excluding hydrogens is 562 g/mol. The van der Waals surface area contributed by atoms with E-state index in [-0.39, 0.29) is 11.8 Å². The summed E-state index contributed by atoms with van der Waals surface area (Å²) in [5.74, 6) is 0.581. The number of aromatic amines is 1. The Bertz CT molecular complexity index is 1900. The number of aliphatic hydroxyl groups is 1. The summed E-state index contributed by atoms with van der Waals surface area (Å²) < 4.78 is 0. The number of nitrogens with one attached hydrogen (secondary N) is 1. The second-order valence-electron chi connectivity index (χ2n) is 12.7. The maximum Gasteiger partial charge on any atom is 0.258 e. The smallest absolute Gasteiger partial charge is 0.258 e. The van der Waals surface area contributed by atoms with E-state index in [0.29, 0.717) is 48.6 Å². The summed E-state index contributed by atoms with van der Waals surface area (Å²) >= 11 is 0. The van der Waals surface area contributed by atoms with Crippen molar-refractivity contribution in [2.75, 3.05) is 25.0 Å². The summed E-state index contributed by atoms with van der Waals surface area (Å²) in [7, 11) is 1.82. The van der Waals surface area contributed by atoms with E-state index in [4.69, 9.17) is 0 Å². The number of carbonyl (C=O) groups is 2. The third kappa shape index (κ3) is 5.62. The molecule has 3 aromatic carbocycles. The number of benzene rings is 3. The molecule has 8 nitrogen and oxygen atoms in total. The third-order valence-electron chi connectivity index (χ3n) is 9.43. The van der Waals surface area contributed by atoms with Gasteiger partial charge in [-0.3, -0.25) is 9.59 Å². The highest BCUT2D eigenvalue weighted by Gasteiger charge is 2.30. The summed E-state index contributed by atoms with van der Waals surface area (Å²) in [6.45, 7) is 4.95. The Morgan fingerprint density at radius 2 is 1.64 bits per heavy atom. The monoisotopic (exact) mass is 599 g/mol. The zero-order valence-electron chi connectivity index (χ0n) is 25.9. The average Bonchev–Trinajstić information content (AvgIpc) is 3.82. The minimum atomic E-state index is -0.701. The highest BCUT2D eigenvalue weighted by atomic mass is 16.3. The van der Waals surface area contributed by atoms with Crippen molar-refractivity contribution in [2.24, 2.45) is 0 Å². The van der Waals surface area contributed by atoms with Gasteiger partial charge >= 0.3 is 0 Å². The number of hydrogen-bond donors (Lipinski definition) is 2. The Hall–Kier alpha value is -4.82. The van der Waals surface area contributed by atoms with E-state index in [0.717, 1.165) is 39.2 Å². The zero-order valence-corrected chi connectivity index (χ0v) is 25.9. The molecule has 0 unspecified atom stereocenters. The molecule has 0 atom stereocenters. The highest BCUT2D eigenvalue weighted by molar-refractivity contribution is 6.07. The van der Waals surface area contributed by atoms with Crippen molar-refractivity contribution in [1.29, 1.82) is 0 Å². The maximum absolute atomic E-state index is 13.5. The molecule has 1 saturated heterocycles. The lowest BCUT2D eigenvalue weighted by Gasteiger charge is -2.35. The summed E-state index contributed by atoms with van der Waals surface area (Å²) in [6, 6.07) is 23.6. The molecular formula is C37H37N5O3. The normalized spacial score (nSPS) is 16.1. The fourth-order valence-electron chi connectivity index (χ4n) is 6.34. The van der Waals surface area contributed by atoms with Gasteiger partial charge in [-0.05, 0) is 98.5 Å². The first-order chi connectivity index (χ1) is 21.7. The van der Waals surface area contributed by atoms with E-state index in [1.165, 1.54) is 18.4 Å². The summed E-state index contributed by atoms with van der Waals surface area (Å²) in [5.41, 5.74) is 7.90. The Kier molecular flexibility index (Phi) is 7.25.